The zero-order chi connectivity index (χ0) is 21.8. The zero-order valence-corrected chi connectivity index (χ0v) is 18.8. The quantitative estimate of drug-likeness (QED) is 0.411. The van der Waals surface area contributed by atoms with Crippen LogP contribution in [0.2, 0.25) is 0 Å². The van der Waals surface area contributed by atoms with Crippen molar-refractivity contribution in [3.8, 4) is 11.5 Å². The van der Waals surface area contributed by atoms with Crippen molar-refractivity contribution in [1.82, 2.24) is 4.72 Å². The summed E-state index contributed by atoms with van der Waals surface area (Å²) in [6, 6.07) is 4.69. The van der Waals surface area contributed by atoms with Gasteiger partial charge in [-0.15, -0.1) is 0 Å². The first kappa shape index (κ1) is 23.0. The molecule has 11 heteroatoms. The van der Waals surface area contributed by atoms with Gasteiger partial charge in [-0.3, -0.25) is 14.3 Å². The molecule has 1 aromatic carbocycles. The molecule has 0 aromatic heterocycles. The number of ketones is 1. The number of rotatable bonds is 9. The van der Waals surface area contributed by atoms with E-state index < -0.39 is 39.0 Å². The molecule has 1 aliphatic rings. The summed E-state index contributed by atoms with van der Waals surface area (Å²) in [5.41, 5.74) is -1.28. The summed E-state index contributed by atoms with van der Waals surface area (Å²) in [4.78, 5) is 24.5. The van der Waals surface area contributed by atoms with Crippen molar-refractivity contribution in [2.45, 2.75) is 25.9 Å². The van der Waals surface area contributed by atoms with Gasteiger partial charge in [0.05, 0.1) is 20.0 Å². The van der Waals surface area contributed by atoms with E-state index in [0.717, 1.165) is 6.92 Å². The Balaban J connectivity index is 2.45. The van der Waals surface area contributed by atoms with Gasteiger partial charge in [0.25, 0.3) is 5.78 Å². The van der Waals surface area contributed by atoms with Gasteiger partial charge in [-0.05, 0) is 25.5 Å². The molecule has 1 heterocycles. The Hall–Kier alpha value is -2.27. The number of sulfonamides is 1. The molecule has 1 unspecified atom stereocenters. The van der Waals surface area contributed by atoms with Crippen molar-refractivity contribution in [1.29, 1.82) is 0 Å². The van der Waals surface area contributed by atoms with E-state index in [1.165, 1.54) is 27.2 Å². The highest BCUT2D eigenvalue weighted by atomic mass is 79.9. The molecular weight excluding hydrogens is 470 g/mol. The fourth-order valence-corrected chi connectivity index (χ4v) is 4.37. The van der Waals surface area contributed by atoms with Crippen LogP contribution in [0.15, 0.2) is 29.8 Å². The van der Waals surface area contributed by atoms with E-state index in [-0.39, 0.29) is 5.75 Å². The van der Waals surface area contributed by atoms with Gasteiger partial charge < -0.3 is 18.9 Å². The Morgan fingerprint density at radius 2 is 1.90 bits per heavy atom. The smallest absolute Gasteiger partial charge is 0.308 e. The minimum absolute atomic E-state index is 0.209. The van der Waals surface area contributed by atoms with E-state index in [1.54, 1.807) is 12.1 Å². The number of hydrogen-bond acceptors (Lipinski definition) is 8. The lowest BCUT2D eigenvalue weighted by atomic mass is 9.91. The summed E-state index contributed by atoms with van der Waals surface area (Å²) >= 11 is 3.16. The van der Waals surface area contributed by atoms with Gasteiger partial charge in [0, 0.05) is 17.8 Å². The first-order valence-electron chi connectivity index (χ1n) is 8.53. The fraction of sp³-hybridized carbons (Fsp3) is 0.444. The molecule has 0 amide bonds. The lowest BCUT2D eigenvalue weighted by molar-refractivity contribution is -0.142. The van der Waals surface area contributed by atoms with Gasteiger partial charge in [0.1, 0.15) is 0 Å². The van der Waals surface area contributed by atoms with Gasteiger partial charge >= 0.3 is 5.97 Å². The average molecular weight is 492 g/mol. The molecule has 29 heavy (non-hydrogen) atoms. The minimum Gasteiger partial charge on any atom is -0.493 e. The molecule has 9 nitrogen and oxygen atoms in total. The van der Waals surface area contributed by atoms with Crippen LogP contribution in [0.1, 0.15) is 25.8 Å². The number of carbonyl (C=O) groups is 2. The maximum Gasteiger partial charge on any atom is 0.308 e. The second kappa shape index (κ2) is 9.04. The van der Waals surface area contributed by atoms with Gasteiger partial charge in [-0.2, -0.15) is 0 Å². The lowest BCUT2D eigenvalue weighted by Gasteiger charge is -2.24. The van der Waals surface area contributed by atoms with Crippen LogP contribution in [-0.2, 0) is 34.7 Å². The third kappa shape index (κ3) is 5.02. The molecule has 0 radical (unpaired) electrons. The Kier molecular flexibility index (Phi) is 7.17. The number of carbonyl (C=O) groups excluding carboxylic acids is 2. The molecule has 1 aromatic rings. The van der Waals surface area contributed by atoms with E-state index in [4.69, 9.17) is 18.9 Å². The highest BCUT2D eigenvalue weighted by Crippen LogP contribution is 2.41. The molecule has 1 atom stereocenters. The van der Waals surface area contributed by atoms with Crippen molar-refractivity contribution in [2.75, 3.05) is 25.3 Å². The van der Waals surface area contributed by atoms with E-state index in [0.29, 0.717) is 28.8 Å². The summed E-state index contributed by atoms with van der Waals surface area (Å²) in [6.07, 6.45) is 0.340. The number of Topliss-reactive ketones (excluding diaryl/α,β-unsaturated/α-hetero) is 1. The van der Waals surface area contributed by atoms with Crippen LogP contribution in [0, 0.1) is 0 Å². The summed E-state index contributed by atoms with van der Waals surface area (Å²) in [5.74, 6) is -1.85. The molecule has 0 spiro atoms. The summed E-state index contributed by atoms with van der Waals surface area (Å²) in [5, 5.41) is 0.479. The van der Waals surface area contributed by atoms with Crippen LogP contribution in [0.4, 0.5) is 0 Å². The van der Waals surface area contributed by atoms with Crippen LogP contribution in [0.25, 0.3) is 0 Å². The van der Waals surface area contributed by atoms with Crippen molar-refractivity contribution in [3.63, 3.8) is 0 Å². The van der Waals surface area contributed by atoms with E-state index in [9.17, 15) is 18.0 Å². The van der Waals surface area contributed by atoms with Crippen LogP contribution in [0.3, 0.4) is 0 Å². The minimum atomic E-state index is -3.83. The zero-order valence-electron chi connectivity index (χ0n) is 16.4. The predicted molar refractivity (Wildman–Crippen MR) is 107 cm³/mol. The third-order valence-corrected chi connectivity index (χ3v) is 6.01. The molecule has 2 rings (SSSR count). The summed E-state index contributed by atoms with van der Waals surface area (Å²) in [7, 11) is -0.920. The predicted octanol–water partition coefficient (Wildman–Crippen LogP) is 1.95. The molecule has 0 bridgehead atoms. The van der Waals surface area contributed by atoms with Crippen molar-refractivity contribution >= 4 is 37.7 Å². The Morgan fingerprint density at radius 1 is 1.24 bits per heavy atom. The van der Waals surface area contributed by atoms with Crippen molar-refractivity contribution in [2.24, 2.45) is 0 Å². The van der Waals surface area contributed by atoms with Gasteiger partial charge in [0.2, 0.25) is 21.7 Å². The Labute approximate surface area is 177 Å². The Bertz CT molecular complexity index is 943. The first-order valence-corrected chi connectivity index (χ1v) is 11.3. The molecule has 0 fully saturated rings. The molecule has 1 aliphatic heterocycles. The van der Waals surface area contributed by atoms with Gasteiger partial charge in [-0.1, -0.05) is 22.0 Å². The molecule has 0 aliphatic carbocycles. The number of nitrogens with one attached hydrogen (secondary N) is 1. The van der Waals surface area contributed by atoms with Crippen LogP contribution >= 0.6 is 15.9 Å². The molecule has 0 saturated heterocycles. The number of benzene rings is 1. The number of esters is 1. The fourth-order valence-electron chi connectivity index (χ4n) is 2.68. The number of ether oxygens (including phenoxy) is 4. The SMILES string of the molecule is COc1ccc(C2(C)OC(NS(=O)(=O)CCCBr)=C(OC(C)=O)C2=O)cc1OC. The second-order valence-electron chi connectivity index (χ2n) is 6.25. The van der Waals surface area contributed by atoms with E-state index >= 15 is 0 Å². The molecule has 160 valence electrons. The molecule has 0 saturated carbocycles. The summed E-state index contributed by atoms with van der Waals surface area (Å²) in [6.45, 7) is 2.54. The second-order valence-corrected chi connectivity index (χ2v) is 8.88. The maximum absolute atomic E-state index is 13.1. The monoisotopic (exact) mass is 491 g/mol. The number of methoxy groups -OCH3 is 2. The average Bonchev–Trinajstić information content (AvgIpc) is 2.90. The Morgan fingerprint density at radius 3 is 2.45 bits per heavy atom. The molecular formula is C18H22BrNO8S. The lowest BCUT2D eigenvalue weighted by Crippen LogP contribution is -2.33. The normalized spacial score (nSPS) is 19.0. The molecule has 1 N–H and O–H groups in total. The standard InChI is InChI=1S/C18H22BrNO8S/c1-11(21)27-15-16(22)18(2,12-6-7-13(25-3)14(10-12)26-4)28-17(15)20-29(23,24)9-5-8-19/h6-7,10,20H,5,8-9H2,1-4H3. The van der Waals surface area contributed by atoms with E-state index in [2.05, 4.69) is 20.7 Å². The number of halogens is 1. The topological polar surface area (TPSA) is 117 Å². The largest absolute Gasteiger partial charge is 0.493 e. The third-order valence-electron chi connectivity index (χ3n) is 4.13. The van der Waals surface area contributed by atoms with Crippen LogP contribution in [0.5, 0.6) is 11.5 Å². The number of hydrogen-bond donors (Lipinski definition) is 1. The first-order chi connectivity index (χ1) is 13.6. The van der Waals surface area contributed by atoms with Crippen LogP contribution < -0.4 is 14.2 Å². The van der Waals surface area contributed by atoms with Gasteiger partial charge in [0.15, 0.2) is 17.1 Å². The maximum atomic E-state index is 13.1. The highest BCUT2D eigenvalue weighted by Gasteiger charge is 2.50. The number of alkyl halides is 1. The van der Waals surface area contributed by atoms with Crippen molar-refractivity contribution < 1.29 is 37.0 Å². The van der Waals surface area contributed by atoms with Gasteiger partial charge in [-0.25, -0.2) is 8.42 Å². The van der Waals surface area contributed by atoms with Crippen molar-refractivity contribution in [3.05, 3.63) is 35.4 Å². The van der Waals surface area contributed by atoms with E-state index in [1.807, 2.05) is 0 Å². The highest BCUT2D eigenvalue weighted by molar-refractivity contribution is 9.09. The summed E-state index contributed by atoms with van der Waals surface area (Å²) < 4.78 is 47.9. The van der Waals surface area contributed by atoms with Crippen LogP contribution in [-0.4, -0.2) is 45.5 Å².